The SMILES string of the molecule is CCOc1ccc(/C=C/C(=O)N2CCC(=O)CC2)cc1OC. The zero-order valence-corrected chi connectivity index (χ0v) is 13.0. The van der Waals surface area contributed by atoms with Gasteiger partial charge in [0.05, 0.1) is 13.7 Å². The number of benzene rings is 1. The number of nitrogens with zero attached hydrogens (tertiary/aromatic N) is 1. The molecule has 1 aromatic carbocycles. The van der Waals surface area contributed by atoms with Gasteiger partial charge in [-0.25, -0.2) is 0 Å². The summed E-state index contributed by atoms with van der Waals surface area (Å²) in [4.78, 5) is 25.0. The predicted octanol–water partition coefficient (Wildman–Crippen LogP) is 2.30. The molecular weight excluding hydrogens is 282 g/mol. The number of carbonyl (C=O) groups is 2. The van der Waals surface area contributed by atoms with E-state index in [-0.39, 0.29) is 11.7 Å². The van der Waals surface area contributed by atoms with Gasteiger partial charge in [-0.1, -0.05) is 6.07 Å². The summed E-state index contributed by atoms with van der Waals surface area (Å²) < 4.78 is 10.7. The molecule has 1 aromatic rings. The molecule has 0 bridgehead atoms. The van der Waals surface area contributed by atoms with Crippen molar-refractivity contribution in [2.24, 2.45) is 0 Å². The van der Waals surface area contributed by atoms with E-state index >= 15 is 0 Å². The zero-order valence-electron chi connectivity index (χ0n) is 13.0. The van der Waals surface area contributed by atoms with Gasteiger partial charge in [0, 0.05) is 32.0 Å². The Morgan fingerprint density at radius 2 is 2.00 bits per heavy atom. The van der Waals surface area contributed by atoms with Crippen molar-refractivity contribution in [1.29, 1.82) is 0 Å². The molecule has 0 aliphatic carbocycles. The number of amides is 1. The monoisotopic (exact) mass is 303 g/mol. The molecule has 118 valence electrons. The Hall–Kier alpha value is -2.30. The Kier molecular flexibility index (Phi) is 5.58. The van der Waals surface area contributed by atoms with Gasteiger partial charge in [-0.2, -0.15) is 0 Å². The third-order valence-corrected chi connectivity index (χ3v) is 3.54. The minimum Gasteiger partial charge on any atom is -0.493 e. The fourth-order valence-corrected chi connectivity index (χ4v) is 2.31. The average Bonchev–Trinajstić information content (AvgIpc) is 2.54. The van der Waals surface area contributed by atoms with Crippen LogP contribution in [0.3, 0.4) is 0 Å². The summed E-state index contributed by atoms with van der Waals surface area (Å²) in [7, 11) is 1.58. The van der Waals surface area contributed by atoms with Gasteiger partial charge in [-0.05, 0) is 30.7 Å². The zero-order chi connectivity index (χ0) is 15.9. The van der Waals surface area contributed by atoms with Crippen LogP contribution in [-0.2, 0) is 9.59 Å². The van der Waals surface area contributed by atoms with Crippen molar-refractivity contribution in [3.8, 4) is 11.5 Å². The van der Waals surface area contributed by atoms with E-state index in [9.17, 15) is 9.59 Å². The number of rotatable bonds is 5. The molecule has 22 heavy (non-hydrogen) atoms. The van der Waals surface area contributed by atoms with Gasteiger partial charge in [0.2, 0.25) is 5.91 Å². The average molecular weight is 303 g/mol. The lowest BCUT2D eigenvalue weighted by Gasteiger charge is -2.24. The van der Waals surface area contributed by atoms with Gasteiger partial charge in [0.15, 0.2) is 11.5 Å². The summed E-state index contributed by atoms with van der Waals surface area (Å²) in [5.74, 6) is 1.48. The van der Waals surface area contributed by atoms with Crippen molar-refractivity contribution in [3.05, 3.63) is 29.8 Å². The summed E-state index contributed by atoms with van der Waals surface area (Å²) in [6, 6.07) is 5.53. The standard InChI is InChI=1S/C17H21NO4/c1-3-22-15-6-4-13(12-16(15)21-2)5-7-17(20)18-10-8-14(19)9-11-18/h4-7,12H,3,8-11H2,1-2H3/b7-5+. The van der Waals surface area contributed by atoms with Gasteiger partial charge in [-0.3, -0.25) is 9.59 Å². The summed E-state index contributed by atoms with van der Waals surface area (Å²) in [6.07, 6.45) is 4.19. The predicted molar refractivity (Wildman–Crippen MR) is 84.0 cm³/mol. The Balaban J connectivity index is 2.03. The highest BCUT2D eigenvalue weighted by atomic mass is 16.5. The summed E-state index contributed by atoms with van der Waals surface area (Å²) >= 11 is 0. The van der Waals surface area contributed by atoms with Gasteiger partial charge >= 0.3 is 0 Å². The number of ketones is 1. The molecule has 1 heterocycles. The van der Waals surface area contributed by atoms with Crippen molar-refractivity contribution in [3.63, 3.8) is 0 Å². The van der Waals surface area contributed by atoms with Crippen LogP contribution in [0.2, 0.25) is 0 Å². The Morgan fingerprint density at radius 3 is 2.64 bits per heavy atom. The fourth-order valence-electron chi connectivity index (χ4n) is 2.31. The van der Waals surface area contributed by atoms with E-state index in [0.29, 0.717) is 44.0 Å². The Labute approximate surface area is 130 Å². The molecule has 0 saturated carbocycles. The largest absolute Gasteiger partial charge is 0.493 e. The topological polar surface area (TPSA) is 55.8 Å². The number of likely N-dealkylation sites (tertiary alicyclic amines) is 1. The lowest BCUT2D eigenvalue weighted by Crippen LogP contribution is -2.37. The van der Waals surface area contributed by atoms with E-state index in [4.69, 9.17) is 9.47 Å². The third-order valence-electron chi connectivity index (χ3n) is 3.54. The quantitative estimate of drug-likeness (QED) is 0.783. The van der Waals surface area contributed by atoms with E-state index < -0.39 is 0 Å². The molecule has 1 fully saturated rings. The number of piperidine rings is 1. The summed E-state index contributed by atoms with van der Waals surface area (Å²) in [5, 5.41) is 0. The molecule has 0 radical (unpaired) electrons. The number of hydrogen-bond acceptors (Lipinski definition) is 4. The Morgan fingerprint density at radius 1 is 1.27 bits per heavy atom. The highest BCUT2D eigenvalue weighted by Crippen LogP contribution is 2.28. The number of carbonyl (C=O) groups excluding carboxylic acids is 2. The van der Waals surface area contributed by atoms with Crippen LogP contribution in [0.15, 0.2) is 24.3 Å². The van der Waals surface area contributed by atoms with Crippen LogP contribution >= 0.6 is 0 Å². The Bertz CT molecular complexity index is 570. The molecule has 0 spiro atoms. The maximum Gasteiger partial charge on any atom is 0.246 e. The van der Waals surface area contributed by atoms with Crippen LogP contribution < -0.4 is 9.47 Å². The van der Waals surface area contributed by atoms with E-state index in [0.717, 1.165) is 5.56 Å². The molecule has 5 heteroatoms. The second-order valence-corrected chi connectivity index (χ2v) is 5.04. The third kappa shape index (κ3) is 4.10. The van der Waals surface area contributed by atoms with Crippen LogP contribution in [0.4, 0.5) is 0 Å². The normalized spacial score (nSPS) is 15.2. The summed E-state index contributed by atoms with van der Waals surface area (Å²) in [6.45, 7) is 3.50. The molecule has 2 rings (SSSR count). The van der Waals surface area contributed by atoms with Gasteiger partial charge in [0.25, 0.3) is 0 Å². The van der Waals surface area contributed by atoms with Crippen molar-refractivity contribution >= 4 is 17.8 Å². The van der Waals surface area contributed by atoms with E-state index in [1.54, 1.807) is 18.1 Å². The van der Waals surface area contributed by atoms with Gasteiger partial charge in [-0.15, -0.1) is 0 Å². The fraction of sp³-hybridized carbons (Fsp3) is 0.412. The maximum atomic E-state index is 12.1. The van der Waals surface area contributed by atoms with Crippen molar-refractivity contribution < 1.29 is 19.1 Å². The molecule has 0 unspecified atom stereocenters. The summed E-state index contributed by atoms with van der Waals surface area (Å²) in [5.41, 5.74) is 0.863. The van der Waals surface area contributed by atoms with E-state index in [1.165, 1.54) is 6.08 Å². The number of methoxy groups -OCH3 is 1. The minimum absolute atomic E-state index is 0.0691. The lowest BCUT2D eigenvalue weighted by molar-refractivity contribution is -0.130. The highest BCUT2D eigenvalue weighted by molar-refractivity contribution is 5.93. The van der Waals surface area contributed by atoms with Crippen molar-refractivity contribution in [2.75, 3.05) is 26.8 Å². The van der Waals surface area contributed by atoms with Crippen LogP contribution in [0, 0.1) is 0 Å². The van der Waals surface area contributed by atoms with Gasteiger partial charge in [0.1, 0.15) is 5.78 Å². The van der Waals surface area contributed by atoms with Crippen LogP contribution in [-0.4, -0.2) is 43.4 Å². The molecule has 1 aliphatic heterocycles. The highest BCUT2D eigenvalue weighted by Gasteiger charge is 2.18. The lowest BCUT2D eigenvalue weighted by atomic mass is 10.1. The first-order chi connectivity index (χ1) is 10.6. The van der Waals surface area contributed by atoms with Crippen LogP contribution in [0.1, 0.15) is 25.3 Å². The van der Waals surface area contributed by atoms with Crippen LogP contribution in [0.5, 0.6) is 11.5 Å². The first kappa shape index (κ1) is 16.1. The number of Topliss-reactive ketones (excluding diaryl/α,β-unsaturated/α-hetero) is 1. The molecule has 0 atom stereocenters. The first-order valence-electron chi connectivity index (χ1n) is 7.43. The number of hydrogen-bond donors (Lipinski definition) is 0. The molecular formula is C17H21NO4. The minimum atomic E-state index is -0.0691. The first-order valence-corrected chi connectivity index (χ1v) is 7.43. The molecule has 0 aromatic heterocycles. The van der Waals surface area contributed by atoms with Crippen molar-refractivity contribution in [2.45, 2.75) is 19.8 Å². The molecule has 5 nitrogen and oxygen atoms in total. The molecule has 0 N–H and O–H groups in total. The smallest absolute Gasteiger partial charge is 0.246 e. The second kappa shape index (κ2) is 7.64. The van der Waals surface area contributed by atoms with E-state index in [1.807, 2.05) is 25.1 Å². The second-order valence-electron chi connectivity index (χ2n) is 5.04. The molecule has 1 saturated heterocycles. The van der Waals surface area contributed by atoms with Crippen molar-refractivity contribution in [1.82, 2.24) is 4.90 Å². The molecule has 1 aliphatic rings. The molecule has 1 amide bonds. The van der Waals surface area contributed by atoms with Gasteiger partial charge < -0.3 is 14.4 Å². The van der Waals surface area contributed by atoms with E-state index in [2.05, 4.69) is 0 Å². The number of ether oxygens (including phenoxy) is 2. The van der Waals surface area contributed by atoms with Crippen LogP contribution in [0.25, 0.3) is 6.08 Å². The maximum absolute atomic E-state index is 12.1.